The van der Waals surface area contributed by atoms with Crippen molar-refractivity contribution in [2.24, 2.45) is 5.92 Å². The maximum Gasteiger partial charge on any atom is 0.337 e. The van der Waals surface area contributed by atoms with Gasteiger partial charge in [-0.25, -0.2) is 0 Å². The molecule has 0 aliphatic heterocycles. The first-order valence-electron chi connectivity index (χ1n) is 5.88. The van der Waals surface area contributed by atoms with Gasteiger partial charge in [-0.15, -0.1) is 0 Å². The second-order valence-corrected chi connectivity index (χ2v) is 7.67. The van der Waals surface area contributed by atoms with Gasteiger partial charge in [-0.1, -0.05) is 20.8 Å². The standard InChI is InChI=1S/C11H26O2Si/c1-6-12-14(8-3,13-7-2)10-9-11(4)5/h11H,6-10H2,1-5H3. The Labute approximate surface area is 90.2 Å². The molecule has 0 atom stereocenters. The summed E-state index contributed by atoms with van der Waals surface area (Å²) in [7, 11) is -1.83. The number of hydrogen-bond donors (Lipinski definition) is 0. The molecule has 0 saturated carbocycles. The van der Waals surface area contributed by atoms with E-state index >= 15 is 0 Å². The maximum atomic E-state index is 5.89. The van der Waals surface area contributed by atoms with Crippen LogP contribution in [0.15, 0.2) is 0 Å². The summed E-state index contributed by atoms with van der Waals surface area (Å²) in [6.45, 7) is 12.4. The van der Waals surface area contributed by atoms with Gasteiger partial charge in [0.25, 0.3) is 0 Å². The molecule has 0 saturated heterocycles. The van der Waals surface area contributed by atoms with Crippen molar-refractivity contribution in [3.8, 4) is 0 Å². The average Bonchev–Trinajstić information content (AvgIpc) is 2.15. The molecule has 0 aromatic heterocycles. The van der Waals surface area contributed by atoms with Gasteiger partial charge in [0.1, 0.15) is 0 Å². The van der Waals surface area contributed by atoms with Gasteiger partial charge in [0, 0.05) is 13.2 Å². The van der Waals surface area contributed by atoms with Gasteiger partial charge >= 0.3 is 8.56 Å². The molecular formula is C11H26O2Si. The van der Waals surface area contributed by atoms with Crippen molar-refractivity contribution < 1.29 is 8.85 Å². The van der Waals surface area contributed by atoms with E-state index in [0.717, 1.165) is 31.2 Å². The van der Waals surface area contributed by atoms with Gasteiger partial charge in [-0.2, -0.15) is 0 Å². The van der Waals surface area contributed by atoms with Gasteiger partial charge in [-0.3, -0.25) is 0 Å². The van der Waals surface area contributed by atoms with Crippen molar-refractivity contribution in [1.29, 1.82) is 0 Å². The van der Waals surface area contributed by atoms with E-state index in [1.54, 1.807) is 0 Å². The average molecular weight is 218 g/mol. The molecule has 0 heterocycles. The van der Waals surface area contributed by atoms with Crippen LogP contribution in [0.2, 0.25) is 12.1 Å². The highest BCUT2D eigenvalue weighted by atomic mass is 28.4. The van der Waals surface area contributed by atoms with Crippen molar-refractivity contribution in [2.75, 3.05) is 13.2 Å². The van der Waals surface area contributed by atoms with Crippen molar-refractivity contribution in [2.45, 2.75) is 53.1 Å². The van der Waals surface area contributed by atoms with E-state index in [9.17, 15) is 0 Å². The highest BCUT2D eigenvalue weighted by Gasteiger charge is 2.34. The van der Waals surface area contributed by atoms with E-state index in [-0.39, 0.29) is 0 Å². The molecule has 3 heteroatoms. The summed E-state index contributed by atoms with van der Waals surface area (Å²) in [6.07, 6.45) is 1.22. The van der Waals surface area contributed by atoms with Crippen LogP contribution in [0.25, 0.3) is 0 Å². The minimum atomic E-state index is -1.83. The summed E-state index contributed by atoms with van der Waals surface area (Å²) in [5.74, 6) is 0.745. The molecule has 0 fully saturated rings. The Morgan fingerprint density at radius 1 is 1.00 bits per heavy atom. The van der Waals surface area contributed by atoms with Gasteiger partial charge in [0.15, 0.2) is 0 Å². The second-order valence-electron chi connectivity index (χ2n) is 4.06. The smallest absolute Gasteiger partial charge is 0.337 e. The summed E-state index contributed by atoms with van der Waals surface area (Å²) in [6, 6.07) is 2.21. The SMILES string of the molecule is CCO[Si](CC)(CCC(C)C)OCC. The summed E-state index contributed by atoms with van der Waals surface area (Å²) < 4.78 is 11.8. The predicted octanol–water partition coefficient (Wildman–Crippen LogP) is 3.57. The molecule has 0 aromatic carbocycles. The third kappa shape index (κ3) is 5.13. The zero-order valence-corrected chi connectivity index (χ0v) is 11.4. The van der Waals surface area contributed by atoms with Crippen molar-refractivity contribution in [1.82, 2.24) is 0 Å². The van der Waals surface area contributed by atoms with Gasteiger partial charge < -0.3 is 8.85 Å². The fourth-order valence-electron chi connectivity index (χ4n) is 1.60. The van der Waals surface area contributed by atoms with Gasteiger partial charge in [0.2, 0.25) is 0 Å². The molecule has 0 amide bonds. The zero-order chi connectivity index (χ0) is 11.0. The summed E-state index contributed by atoms with van der Waals surface area (Å²) in [5.41, 5.74) is 0. The first-order valence-corrected chi connectivity index (χ1v) is 8.11. The molecule has 0 aromatic rings. The first-order chi connectivity index (χ1) is 6.60. The predicted molar refractivity (Wildman–Crippen MR) is 63.7 cm³/mol. The minimum Gasteiger partial charge on any atom is -0.394 e. The number of hydrogen-bond acceptors (Lipinski definition) is 2. The molecule has 0 aliphatic carbocycles. The van der Waals surface area contributed by atoms with Crippen molar-refractivity contribution in [3.05, 3.63) is 0 Å². The largest absolute Gasteiger partial charge is 0.394 e. The molecule has 86 valence electrons. The van der Waals surface area contributed by atoms with Crippen LogP contribution in [-0.4, -0.2) is 21.8 Å². The Balaban J connectivity index is 4.17. The molecule has 0 radical (unpaired) electrons. The van der Waals surface area contributed by atoms with E-state index in [1.165, 1.54) is 6.42 Å². The molecule has 14 heavy (non-hydrogen) atoms. The summed E-state index contributed by atoms with van der Waals surface area (Å²) in [5, 5.41) is 0. The van der Waals surface area contributed by atoms with Crippen LogP contribution < -0.4 is 0 Å². The maximum absolute atomic E-state index is 5.89. The van der Waals surface area contributed by atoms with Crippen molar-refractivity contribution in [3.63, 3.8) is 0 Å². The van der Waals surface area contributed by atoms with E-state index in [4.69, 9.17) is 8.85 Å². The summed E-state index contributed by atoms with van der Waals surface area (Å²) in [4.78, 5) is 0. The van der Waals surface area contributed by atoms with Gasteiger partial charge in [-0.05, 0) is 38.3 Å². The minimum absolute atomic E-state index is 0.745. The quantitative estimate of drug-likeness (QED) is 0.580. The zero-order valence-electron chi connectivity index (χ0n) is 10.4. The van der Waals surface area contributed by atoms with Crippen LogP contribution in [0, 0.1) is 5.92 Å². The number of rotatable bonds is 8. The van der Waals surface area contributed by atoms with Crippen LogP contribution in [0.1, 0.15) is 41.0 Å². The fraction of sp³-hybridized carbons (Fsp3) is 1.00. The van der Waals surface area contributed by atoms with Crippen LogP contribution in [0.4, 0.5) is 0 Å². The van der Waals surface area contributed by atoms with Crippen LogP contribution in [0.5, 0.6) is 0 Å². The molecule has 0 rings (SSSR count). The molecular weight excluding hydrogens is 192 g/mol. The van der Waals surface area contributed by atoms with Crippen molar-refractivity contribution >= 4 is 8.56 Å². The van der Waals surface area contributed by atoms with E-state index in [2.05, 4.69) is 34.6 Å². The van der Waals surface area contributed by atoms with Gasteiger partial charge in [0.05, 0.1) is 0 Å². The fourth-order valence-corrected chi connectivity index (χ4v) is 4.80. The monoisotopic (exact) mass is 218 g/mol. The Kier molecular flexibility index (Phi) is 7.50. The third-order valence-corrected chi connectivity index (χ3v) is 6.21. The molecule has 0 aliphatic rings. The molecule has 0 bridgehead atoms. The lowest BCUT2D eigenvalue weighted by Gasteiger charge is -2.29. The van der Waals surface area contributed by atoms with Crippen LogP contribution in [0.3, 0.4) is 0 Å². The second kappa shape index (κ2) is 7.43. The van der Waals surface area contributed by atoms with E-state index in [1.807, 2.05) is 0 Å². The molecule has 0 unspecified atom stereocenters. The van der Waals surface area contributed by atoms with Crippen LogP contribution in [-0.2, 0) is 8.85 Å². The Bertz CT molecular complexity index is 131. The Hall–Kier alpha value is 0.137. The highest BCUT2D eigenvalue weighted by Crippen LogP contribution is 2.23. The molecule has 0 spiro atoms. The van der Waals surface area contributed by atoms with E-state index < -0.39 is 8.56 Å². The van der Waals surface area contributed by atoms with E-state index in [0.29, 0.717) is 0 Å². The topological polar surface area (TPSA) is 18.5 Å². The Morgan fingerprint density at radius 3 is 1.79 bits per heavy atom. The normalized spacial score (nSPS) is 12.4. The molecule has 0 N–H and O–H groups in total. The lowest BCUT2D eigenvalue weighted by molar-refractivity contribution is 0.181. The lowest BCUT2D eigenvalue weighted by atomic mass is 10.2. The Morgan fingerprint density at radius 2 is 1.50 bits per heavy atom. The summed E-state index contributed by atoms with van der Waals surface area (Å²) >= 11 is 0. The third-order valence-electron chi connectivity index (χ3n) is 2.46. The lowest BCUT2D eigenvalue weighted by Crippen LogP contribution is -2.41. The highest BCUT2D eigenvalue weighted by molar-refractivity contribution is 6.67. The first kappa shape index (κ1) is 14.1. The molecule has 2 nitrogen and oxygen atoms in total. The van der Waals surface area contributed by atoms with Crippen LogP contribution >= 0.6 is 0 Å².